The van der Waals surface area contributed by atoms with Gasteiger partial charge in [-0.2, -0.15) is 0 Å². The maximum absolute atomic E-state index is 9.21. The van der Waals surface area contributed by atoms with Crippen LogP contribution in [0.1, 0.15) is 12.0 Å². The summed E-state index contributed by atoms with van der Waals surface area (Å²) in [6, 6.07) is 7.28. The fourth-order valence-corrected chi connectivity index (χ4v) is 1.24. The molecule has 3 heteroatoms. The van der Waals surface area contributed by atoms with E-state index in [1.54, 1.807) is 19.2 Å². The van der Waals surface area contributed by atoms with Gasteiger partial charge in [-0.05, 0) is 30.7 Å². The Balaban J connectivity index is 2.18. The van der Waals surface area contributed by atoms with E-state index in [4.69, 9.17) is 4.74 Å². The van der Waals surface area contributed by atoms with Crippen LogP contribution in [-0.2, 0) is 11.3 Å². The number of hydrogen-bond acceptors (Lipinski definition) is 3. The number of ether oxygens (including phenoxy) is 1. The molecule has 78 valence electrons. The first-order valence-electron chi connectivity index (χ1n) is 4.80. The van der Waals surface area contributed by atoms with Gasteiger partial charge < -0.3 is 15.2 Å². The van der Waals surface area contributed by atoms with Crippen molar-refractivity contribution < 1.29 is 9.84 Å². The zero-order valence-corrected chi connectivity index (χ0v) is 8.49. The largest absolute Gasteiger partial charge is 0.508 e. The van der Waals surface area contributed by atoms with Crippen molar-refractivity contribution in [2.24, 2.45) is 0 Å². The maximum Gasteiger partial charge on any atom is 0.115 e. The van der Waals surface area contributed by atoms with Gasteiger partial charge in [-0.15, -0.1) is 0 Å². The first-order valence-corrected chi connectivity index (χ1v) is 4.80. The van der Waals surface area contributed by atoms with Gasteiger partial charge in [0.05, 0.1) is 0 Å². The van der Waals surface area contributed by atoms with Crippen molar-refractivity contribution in [2.45, 2.75) is 13.0 Å². The van der Waals surface area contributed by atoms with Crippen molar-refractivity contribution in [3.8, 4) is 5.75 Å². The summed E-state index contributed by atoms with van der Waals surface area (Å²) >= 11 is 0. The molecule has 0 aliphatic carbocycles. The van der Waals surface area contributed by atoms with Crippen LogP contribution < -0.4 is 5.32 Å². The maximum atomic E-state index is 9.21. The molecule has 0 saturated carbocycles. The van der Waals surface area contributed by atoms with Crippen LogP contribution in [0.15, 0.2) is 24.3 Å². The molecule has 0 fully saturated rings. The molecule has 0 aliphatic rings. The van der Waals surface area contributed by atoms with Crippen LogP contribution >= 0.6 is 0 Å². The van der Waals surface area contributed by atoms with Crippen LogP contribution in [0, 0.1) is 0 Å². The highest BCUT2D eigenvalue weighted by atomic mass is 16.5. The summed E-state index contributed by atoms with van der Waals surface area (Å²) in [6.45, 7) is 2.51. The molecule has 0 radical (unpaired) electrons. The van der Waals surface area contributed by atoms with Gasteiger partial charge in [-0.1, -0.05) is 12.1 Å². The third-order valence-electron chi connectivity index (χ3n) is 1.94. The molecule has 0 aliphatic heterocycles. The van der Waals surface area contributed by atoms with Gasteiger partial charge in [0.25, 0.3) is 0 Å². The van der Waals surface area contributed by atoms with E-state index in [1.165, 1.54) is 0 Å². The summed E-state index contributed by atoms with van der Waals surface area (Å²) in [4.78, 5) is 0. The van der Waals surface area contributed by atoms with Gasteiger partial charge in [0.1, 0.15) is 5.75 Å². The lowest BCUT2D eigenvalue weighted by molar-refractivity contribution is 0.194. The minimum atomic E-state index is 0.321. The second-order valence-electron chi connectivity index (χ2n) is 3.19. The van der Waals surface area contributed by atoms with Gasteiger partial charge in [0.2, 0.25) is 0 Å². The number of hydrogen-bond donors (Lipinski definition) is 2. The van der Waals surface area contributed by atoms with Gasteiger partial charge in [-0.25, -0.2) is 0 Å². The zero-order chi connectivity index (χ0) is 10.2. The number of phenols is 1. The molecule has 1 rings (SSSR count). The number of methoxy groups -OCH3 is 1. The van der Waals surface area contributed by atoms with Crippen LogP contribution in [0.3, 0.4) is 0 Å². The summed E-state index contributed by atoms with van der Waals surface area (Å²) in [7, 11) is 1.70. The Morgan fingerprint density at radius 2 is 2.29 bits per heavy atom. The molecule has 14 heavy (non-hydrogen) atoms. The fraction of sp³-hybridized carbons (Fsp3) is 0.455. The van der Waals surface area contributed by atoms with Crippen molar-refractivity contribution >= 4 is 0 Å². The van der Waals surface area contributed by atoms with E-state index in [1.807, 2.05) is 12.1 Å². The summed E-state index contributed by atoms with van der Waals surface area (Å²) in [5.74, 6) is 0.321. The number of benzene rings is 1. The van der Waals surface area contributed by atoms with Gasteiger partial charge in [0, 0.05) is 20.3 Å². The first-order chi connectivity index (χ1) is 6.83. The minimum Gasteiger partial charge on any atom is -0.508 e. The van der Waals surface area contributed by atoms with Crippen LogP contribution in [0.5, 0.6) is 5.75 Å². The van der Waals surface area contributed by atoms with E-state index in [-0.39, 0.29) is 0 Å². The minimum absolute atomic E-state index is 0.321. The Labute approximate surface area is 84.7 Å². The van der Waals surface area contributed by atoms with Crippen LogP contribution in [0.2, 0.25) is 0 Å². The fourth-order valence-electron chi connectivity index (χ4n) is 1.24. The van der Waals surface area contributed by atoms with Crippen molar-refractivity contribution in [3.05, 3.63) is 29.8 Å². The van der Waals surface area contributed by atoms with E-state index >= 15 is 0 Å². The van der Waals surface area contributed by atoms with E-state index < -0.39 is 0 Å². The predicted octanol–water partition coefficient (Wildman–Crippen LogP) is 1.52. The summed E-state index contributed by atoms with van der Waals surface area (Å²) in [5.41, 5.74) is 1.10. The average molecular weight is 195 g/mol. The Morgan fingerprint density at radius 1 is 1.43 bits per heavy atom. The van der Waals surface area contributed by atoms with Crippen molar-refractivity contribution in [2.75, 3.05) is 20.3 Å². The van der Waals surface area contributed by atoms with Gasteiger partial charge >= 0.3 is 0 Å². The van der Waals surface area contributed by atoms with E-state index in [2.05, 4.69) is 5.32 Å². The Hall–Kier alpha value is -1.06. The van der Waals surface area contributed by atoms with E-state index in [0.29, 0.717) is 5.75 Å². The summed E-state index contributed by atoms with van der Waals surface area (Å²) < 4.78 is 4.93. The third-order valence-corrected chi connectivity index (χ3v) is 1.94. The van der Waals surface area contributed by atoms with Crippen LogP contribution in [0.4, 0.5) is 0 Å². The number of phenolic OH excluding ortho intramolecular Hbond substituents is 1. The Kier molecular flexibility index (Phi) is 5.04. The van der Waals surface area contributed by atoms with Gasteiger partial charge in [-0.3, -0.25) is 0 Å². The normalized spacial score (nSPS) is 10.4. The highest BCUT2D eigenvalue weighted by molar-refractivity contribution is 5.26. The van der Waals surface area contributed by atoms with E-state index in [0.717, 1.165) is 31.7 Å². The Bertz CT molecular complexity index is 263. The quantitative estimate of drug-likeness (QED) is 0.676. The number of aromatic hydroxyl groups is 1. The topological polar surface area (TPSA) is 41.5 Å². The smallest absolute Gasteiger partial charge is 0.115 e. The lowest BCUT2D eigenvalue weighted by Gasteiger charge is -2.04. The lowest BCUT2D eigenvalue weighted by Crippen LogP contribution is -2.15. The SMILES string of the molecule is COCCCNCc1cccc(O)c1. The molecule has 0 aromatic heterocycles. The lowest BCUT2D eigenvalue weighted by atomic mass is 10.2. The highest BCUT2D eigenvalue weighted by Crippen LogP contribution is 2.10. The molecular formula is C11H17NO2. The molecule has 0 unspecified atom stereocenters. The standard InChI is InChI=1S/C11H17NO2/c1-14-7-3-6-12-9-10-4-2-5-11(13)8-10/h2,4-5,8,12-13H,3,6-7,9H2,1H3. The molecule has 2 N–H and O–H groups in total. The predicted molar refractivity (Wildman–Crippen MR) is 56.3 cm³/mol. The molecule has 1 aromatic rings. The van der Waals surface area contributed by atoms with Crippen molar-refractivity contribution in [3.63, 3.8) is 0 Å². The molecule has 0 heterocycles. The molecule has 0 saturated heterocycles. The molecular weight excluding hydrogens is 178 g/mol. The number of nitrogens with one attached hydrogen (secondary N) is 1. The monoisotopic (exact) mass is 195 g/mol. The molecule has 0 amide bonds. The second-order valence-corrected chi connectivity index (χ2v) is 3.19. The summed E-state index contributed by atoms with van der Waals surface area (Å²) in [6.07, 6.45) is 1.01. The zero-order valence-electron chi connectivity index (χ0n) is 8.49. The van der Waals surface area contributed by atoms with Gasteiger partial charge in [0.15, 0.2) is 0 Å². The van der Waals surface area contributed by atoms with Crippen LogP contribution in [-0.4, -0.2) is 25.4 Å². The van der Waals surface area contributed by atoms with E-state index in [9.17, 15) is 5.11 Å². The average Bonchev–Trinajstić information content (AvgIpc) is 2.18. The van der Waals surface area contributed by atoms with Crippen molar-refractivity contribution in [1.29, 1.82) is 0 Å². The molecule has 0 atom stereocenters. The highest BCUT2D eigenvalue weighted by Gasteiger charge is 1.93. The first kappa shape index (κ1) is 11.0. The van der Waals surface area contributed by atoms with Crippen LogP contribution in [0.25, 0.3) is 0 Å². The Morgan fingerprint density at radius 3 is 3.00 bits per heavy atom. The molecule has 3 nitrogen and oxygen atoms in total. The molecule has 0 spiro atoms. The summed E-state index contributed by atoms with van der Waals surface area (Å²) in [5, 5.41) is 12.5. The second kappa shape index (κ2) is 6.40. The third kappa shape index (κ3) is 4.25. The van der Waals surface area contributed by atoms with Crippen molar-refractivity contribution in [1.82, 2.24) is 5.32 Å². The molecule has 0 bridgehead atoms. The number of rotatable bonds is 6. The molecule has 1 aromatic carbocycles.